The number of ether oxygens (including phenoxy) is 1. The zero-order valence-corrected chi connectivity index (χ0v) is 12.6. The van der Waals surface area contributed by atoms with Gasteiger partial charge in [-0.2, -0.15) is 0 Å². The second kappa shape index (κ2) is 7.15. The van der Waals surface area contributed by atoms with E-state index in [0.717, 1.165) is 12.8 Å². The normalized spacial score (nSPS) is 16.4. The Morgan fingerprint density at radius 3 is 2.70 bits per heavy atom. The number of carbonyl (C=O) groups excluding carboxylic acids is 1. The maximum Gasteiger partial charge on any atom is 0.253 e. The van der Waals surface area contributed by atoms with Crippen molar-refractivity contribution in [3.63, 3.8) is 0 Å². The SMILES string of the molecule is O=C(c1cc(F)cc(Br)c1)N1CCC(OCCO)CC1. The molecule has 0 unspecified atom stereocenters. The first-order valence-corrected chi connectivity index (χ1v) is 7.37. The van der Waals surface area contributed by atoms with Crippen LogP contribution in [0.1, 0.15) is 23.2 Å². The summed E-state index contributed by atoms with van der Waals surface area (Å²) in [6.07, 6.45) is 1.57. The van der Waals surface area contributed by atoms with E-state index in [1.165, 1.54) is 12.1 Å². The summed E-state index contributed by atoms with van der Waals surface area (Å²) in [6, 6.07) is 4.20. The number of hydrogen-bond acceptors (Lipinski definition) is 3. The number of carbonyl (C=O) groups is 1. The summed E-state index contributed by atoms with van der Waals surface area (Å²) in [7, 11) is 0. The van der Waals surface area contributed by atoms with Gasteiger partial charge in [0, 0.05) is 23.1 Å². The standard InChI is InChI=1S/C14H17BrFNO3/c15-11-7-10(8-12(16)9-11)14(19)17-3-1-13(2-4-17)20-6-5-18/h7-9,13,18H,1-6H2. The van der Waals surface area contributed by atoms with Crippen LogP contribution >= 0.6 is 15.9 Å². The van der Waals surface area contributed by atoms with Gasteiger partial charge < -0.3 is 14.7 Å². The van der Waals surface area contributed by atoms with Crippen molar-refractivity contribution >= 4 is 21.8 Å². The molecule has 1 saturated heterocycles. The molecule has 110 valence electrons. The highest BCUT2D eigenvalue weighted by Gasteiger charge is 2.24. The Morgan fingerprint density at radius 2 is 2.10 bits per heavy atom. The molecule has 1 N–H and O–H groups in total. The summed E-state index contributed by atoms with van der Waals surface area (Å²) in [6.45, 7) is 1.51. The van der Waals surface area contributed by atoms with Gasteiger partial charge in [0.25, 0.3) is 5.91 Å². The molecule has 1 aliphatic heterocycles. The molecule has 1 amide bonds. The minimum absolute atomic E-state index is 0.0104. The largest absolute Gasteiger partial charge is 0.394 e. The van der Waals surface area contributed by atoms with E-state index in [2.05, 4.69) is 15.9 Å². The predicted molar refractivity (Wildman–Crippen MR) is 76.1 cm³/mol. The molecule has 1 fully saturated rings. The topological polar surface area (TPSA) is 49.8 Å². The average molecular weight is 346 g/mol. The van der Waals surface area contributed by atoms with Crippen LogP contribution in [0.15, 0.2) is 22.7 Å². The second-order valence-corrected chi connectivity index (χ2v) is 5.66. The smallest absolute Gasteiger partial charge is 0.253 e. The van der Waals surface area contributed by atoms with E-state index in [4.69, 9.17) is 9.84 Å². The fourth-order valence-corrected chi connectivity index (χ4v) is 2.77. The summed E-state index contributed by atoms with van der Waals surface area (Å²) >= 11 is 3.19. The number of nitrogens with zero attached hydrogens (tertiary/aromatic N) is 1. The van der Waals surface area contributed by atoms with E-state index in [9.17, 15) is 9.18 Å². The molecule has 1 heterocycles. The Labute approximate surface area is 125 Å². The Kier molecular flexibility index (Phi) is 5.51. The zero-order chi connectivity index (χ0) is 14.5. The van der Waals surface area contributed by atoms with Crippen LogP contribution in [0.3, 0.4) is 0 Å². The second-order valence-electron chi connectivity index (χ2n) is 4.74. The molecule has 0 bridgehead atoms. The molecule has 1 aromatic carbocycles. The summed E-state index contributed by atoms with van der Waals surface area (Å²) in [4.78, 5) is 14.0. The van der Waals surface area contributed by atoms with E-state index >= 15 is 0 Å². The van der Waals surface area contributed by atoms with Crippen molar-refractivity contribution < 1.29 is 19.0 Å². The number of halogens is 2. The Hall–Kier alpha value is -0.980. The van der Waals surface area contributed by atoms with Crippen molar-refractivity contribution in [2.45, 2.75) is 18.9 Å². The lowest BCUT2D eigenvalue weighted by atomic mass is 10.1. The van der Waals surface area contributed by atoms with Crippen molar-refractivity contribution in [3.8, 4) is 0 Å². The molecule has 0 aromatic heterocycles. The van der Waals surface area contributed by atoms with E-state index in [1.54, 1.807) is 11.0 Å². The molecule has 4 nitrogen and oxygen atoms in total. The maximum atomic E-state index is 13.3. The molecule has 0 spiro atoms. The number of likely N-dealkylation sites (tertiary alicyclic amines) is 1. The predicted octanol–water partition coefficient (Wildman–Crippen LogP) is 2.20. The van der Waals surface area contributed by atoms with Crippen LogP contribution < -0.4 is 0 Å². The molecule has 6 heteroatoms. The first-order chi connectivity index (χ1) is 9.60. The summed E-state index contributed by atoms with van der Waals surface area (Å²) in [5.74, 6) is -0.588. The molecular formula is C14H17BrFNO3. The van der Waals surface area contributed by atoms with Gasteiger partial charge >= 0.3 is 0 Å². The lowest BCUT2D eigenvalue weighted by molar-refractivity contribution is -0.00555. The van der Waals surface area contributed by atoms with Gasteiger partial charge in [-0.15, -0.1) is 0 Å². The van der Waals surface area contributed by atoms with E-state index in [0.29, 0.717) is 29.7 Å². The summed E-state index contributed by atoms with van der Waals surface area (Å²) in [5, 5.41) is 8.71. The highest BCUT2D eigenvalue weighted by Crippen LogP contribution is 2.19. The van der Waals surface area contributed by atoms with Gasteiger partial charge in [-0.25, -0.2) is 4.39 Å². The monoisotopic (exact) mass is 345 g/mol. The molecule has 0 saturated carbocycles. The van der Waals surface area contributed by atoms with Crippen molar-refractivity contribution in [2.24, 2.45) is 0 Å². The zero-order valence-electron chi connectivity index (χ0n) is 11.0. The fraction of sp³-hybridized carbons (Fsp3) is 0.500. The van der Waals surface area contributed by atoms with Crippen LogP contribution in [0.25, 0.3) is 0 Å². The van der Waals surface area contributed by atoms with Crippen LogP contribution in [-0.2, 0) is 4.74 Å². The van der Waals surface area contributed by atoms with Gasteiger partial charge in [0.1, 0.15) is 5.82 Å². The fourth-order valence-electron chi connectivity index (χ4n) is 2.30. The molecule has 0 radical (unpaired) electrons. The van der Waals surface area contributed by atoms with Crippen LogP contribution in [-0.4, -0.2) is 48.3 Å². The third kappa shape index (κ3) is 4.01. The van der Waals surface area contributed by atoms with Crippen molar-refractivity contribution in [3.05, 3.63) is 34.1 Å². The molecule has 1 aliphatic rings. The number of rotatable bonds is 4. The molecule has 0 aliphatic carbocycles. The number of piperidine rings is 1. The van der Waals surface area contributed by atoms with Gasteiger partial charge in [-0.1, -0.05) is 15.9 Å². The Balaban J connectivity index is 1.94. The van der Waals surface area contributed by atoms with Gasteiger partial charge in [-0.3, -0.25) is 4.79 Å². The highest BCUT2D eigenvalue weighted by atomic mass is 79.9. The molecule has 20 heavy (non-hydrogen) atoms. The van der Waals surface area contributed by atoms with E-state index < -0.39 is 5.82 Å². The minimum Gasteiger partial charge on any atom is -0.394 e. The number of benzene rings is 1. The third-order valence-electron chi connectivity index (χ3n) is 3.28. The number of amides is 1. The van der Waals surface area contributed by atoms with Crippen LogP contribution in [0, 0.1) is 5.82 Å². The first kappa shape index (κ1) is 15.4. The van der Waals surface area contributed by atoms with Crippen molar-refractivity contribution in [1.82, 2.24) is 4.90 Å². The number of hydrogen-bond donors (Lipinski definition) is 1. The summed E-state index contributed by atoms with van der Waals surface area (Å²) < 4.78 is 19.3. The number of aliphatic hydroxyl groups excluding tert-OH is 1. The molecule has 1 aromatic rings. The third-order valence-corrected chi connectivity index (χ3v) is 3.74. The molecule has 0 atom stereocenters. The molecule has 2 rings (SSSR count). The van der Waals surface area contributed by atoms with Crippen molar-refractivity contribution in [1.29, 1.82) is 0 Å². The van der Waals surface area contributed by atoms with Gasteiger partial charge in [-0.05, 0) is 31.0 Å². The van der Waals surface area contributed by atoms with E-state index in [1.807, 2.05) is 0 Å². The highest BCUT2D eigenvalue weighted by molar-refractivity contribution is 9.10. The van der Waals surface area contributed by atoms with Gasteiger partial charge in [0.05, 0.1) is 19.3 Å². The van der Waals surface area contributed by atoms with E-state index in [-0.39, 0.29) is 18.6 Å². The lowest BCUT2D eigenvalue weighted by Crippen LogP contribution is -2.41. The van der Waals surface area contributed by atoms with Crippen LogP contribution in [0.5, 0.6) is 0 Å². The van der Waals surface area contributed by atoms with Gasteiger partial charge in [0.2, 0.25) is 0 Å². The van der Waals surface area contributed by atoms with Gasteiger partial charge in [0.15, 0.2) is 0 Å². The number of aliphatic hydroxyl groups is 1. The Bertz CT molecular complexity index is 455. The Morgan fingerprint density at radius 1 is 1.40 bits per heavy atom. The van der Waals surface area contributed by atoms with Crippen LogP contribution in [0.2, 0.25) is 0 Å². The summed E-state index contributed by atoms with van der Waals surface area (Å²) in [5.41, 5.74) is 0.353. The minimum atomic E-state index is -0.427. The first-order valence-electron chi connectivity index (χ1n) is 6.58. The van der Waals surface area contributed by atoms with Crippen LogP contribution in [0.4, 0.5) is 4.39 Å². The van der Waals surface area contributed by atoms with Crippen molar-refractivity contribution in [2.75, 3.05) is 26.3 Å². The quantitative estimate of drug-likeness (QED) is 0.910. The average Bonchev–Trinajstić information content (AvgIpc) is 2.44. The maximum absolute atomic E-state index is 13.3. The lowest BCUT2D eigenvalue weighted by Gasteiger charge is -2.32. The molecular weight excluding hydrogens is 329 g/mol.